The predicted molar refractivity (Wildman–Crippen MR) is 112 cm³/mol. The van der Waals surface area contributed by atoms with Crippen LogP contribution in [-0.2, 0) is 4.79 Å². The first-order valence-electron chi connectivity index (χ1n) is 8.62. The number of aliphatic imine (C=N–C) groups is 1. The first-order chi connectivity index (χ1) is 13.0. The van der Waals surface area contributed by atoms with Crippen molar-refractivity contribution >= 4 is 34.6 Å². The minimum Gasteiger partial charge on any atom is -0.493 e. The highest BCUT2D eigenvalue weighted by molar-refractivity contribution is 8.19. The van der Waals surface area contributed by atoms with Crippen LogP contribution in [0, 0.1) is 0 Å². The van der Waals surface area contributed by atoms with Gasteiger partial charge in [-0.15, -0.1) is 0 Å². The molecule has 0 N–H and O–H groups in total. The van der Waals surface area contributed by atoms with Gasteiger partial charge in [0, 0.05) is 6.04 Å². The summed E-state index contributed by atoms with van der Waals surface area (Å²) < 4.78 is 10.6. The van der Waals surface area contributed by atoms with Crippen LogP contribution in [0.1, 0.15) is 19.4 Å². The molecule has 1 fully saturated rings. The highest BCUT2D eigenvalue weighted by Crippen LogP contribution is 2.37. The molecule has 0 unspecified atom stereocenters. The van der Waals surface area contributed by atoms with Crippen molar-refractivity contribution in [3.8, 4) is 11.5 Å². The minimum atomic E-state index is -0.0830. The van der Waals surface area contributed by atoms with Gasteiger partial charge in [-0.05, 0) is 61.5 Å². The summed E-state index contributed by atoms with van der Waals surface area (Å²) >= 11 is 1.38. The third-order valence-corrected chi connectivity index (χ3v) is 4.88. The molecule has 1 heterocycles. The van der Waals surface area contributed by atoms with E-state index in [0.29, 0.717) is 21.6 Å². The number of carbonyl (C=O) groups excluding carboxylic acids is 1. The number of anilines is 1. The number of hydrogen-bond donors (Lipinski definition) is 0. The van der Waals surface area contributed by atoms with Gasteiger partial charge in [0.25, 0.3) is 5.91 Å². The van der Waals surface area contributed by atoms with Crippen LogP contribution in [0.4, 0.5) is 5.69 Å². The lowest BCUT2D eigenvalue weighted by atomic mass is 10.2. The fraction of sp³-hybridized carbons (Fsp3) is 0.238. The van der Waals surface area contributed by atoms with E-state index in [4.69, 9.17) is 9.47 Å². The van der Waals surface area contributed by atoms with E-state index in [2.05, 4.69) is 4.99 Å². The zero-order chi connectivity index (χ0) is 19.4. The van der Waals surface area contributed by atoms with E-state index in [9.17, 15) is 4.79 Å². The highest BCUT2D eigenvalue weighted by atomic mass is 32.2. The average Bonchev–Trinajstić information content (AvgIpc) is 2.96. The minimum absolute atomic E-state index is 0.0830. The van der Waals surface area contributed by atoms with E-state index < -0.39 is 0 Å². The van der Waals surface area contributed by atoms with Crippen molar-refractivity contribution in [1.29, 1.82) is 0 Å². The summed E-state index contributed by atoms with van der Waals surface area (Å²) in [7, 11) is 3.19. The first kappa shape index (κ1) is 19.0. The molecule has 0 aromatic heterocycles. The lowest BCUT2D eigenvalue weighted by molar-refractivity contribution is -0.113. The van der Waals surface area contributed by atoms with Crippen molar-refractivity contribution in [1.82, 2.24) is 0 Å². The van der Waals surface area contributed by atoms with E-state index in [0.717, 1.165) is 11.3 Å². The number of benzene rings is 2. The van der Waals surface area contributed by atoms with Crippen molar-refractivity contribution in [2.45, 2.75) is 19.9 Å². The zero-order valence-corrected chi connectivity index (χ0v) is 16.6. The molecule has 140 valence electrons. The number of amides is 1. The van der Waals surface area contributed by atoms with Crippen LogP contribution in [0.25, 0.3) is 6.08 Å². The lowest BCUT2D eigenvalue weighted by Crippen LogP contribution is -2.29. The summed E-state index contributed by atoms with van der Waals surface area (Å²) in [5, 5.41) is 0.688. The summed E-state index contributed by atoms with van der Waals surface area (Å²) in [6.07, 6.45) is 1.85. The number of ether oxygens (including phenoxy) is 2. The van der Waals surface area contributed by atoms with E-state index in [1.807, 2.05) is 68.5 Å². The number of para-hydroxylation sites is 1. The third-order valence-electron chi connectivity index (χ3n) is 3.89. The number of rotatable bonds is 5. The molecule has 0 spiro atoms. The monoisotopic (exact) mass is 382 g/mol. The van der Waals surface area contributed by atoms with Crippen molar-refractivity contribution in [3.05, 3.63) is 59.0 Å². The Morgan fingerprint density at radius 1 is 1.04 bits per heavy atom. The Labute approximate surface area is 163 Å². The number of amidine groups is 1. The molecule has 3 rings (SSSR count). The van der Waals surface area contributed by atoms with Crippen LogP contribution >= 0.6 is 11.8 Å². The van der Waals surface area contributed by atoms with Crippen LogP contribution in [0.5, 0.6) is 11.5 Å². The van der Waals surface area contributed by atoms with Crippen LogP contribution in [0.3, 0.4) is 0 Å². The molecule has 0 bridgehead atoms. The molecule has 0 saturated carbocycles. The SMILES string of the molecule is COc1ccc(/C=C2\SC(=NC(C)C)N(c3ccccc3)C2=O)cc1OC. The average molecular weight is 382 g/mol. The summed E-state index contributed by atoms with van der Waals surface area (Å²) in [6, 6.07) is 15.2. The summed E-state index contributed by atoms with van der Waals surface area (Å²) in [5.74, 6) is 1.19. The first-order valence-corrected chi connectivity index (χ1v) is 9.44. The van der Waals surface area contributed by atoms with E-state index >= 15 is 0 Å². The van der Waals surface area contributed by atoms with Crippen molar-refractivity contribution in [3.63, 3.8) is 0 Å². The summed E-state index contributed by atoms with van der Waals surface area (Å²) in [4.78, 5) is 20.0. The Bertz CT molecular complexity index is 892. The standard InChI is InChI=1S/C21H22N2O3S/c1-14(2)22-21-23(16-8-6-5-7-9-16)20(24)19(27-21)13-15-10-11-17(25-3)18(12-15)26-4/h5-14H,1-4H3/b19-13-,22-21?. The van der Waals surface area contributed by atoms with Crippen molar-refractivity contribution in [2.24, 2.45) is 4.99 Å². The van der Waals surface area contributed by atoms with Crippen molar-refractivity contribution < 1.29 is 14.3 Å². The fourth-order valence-corrected chi connectivity index (χ4v) is 3.79. The lowest BCUT2D eigenvalue weighted by Gasteiger charge is -2.16. The molecule has 2 aromatic carbocycles. The predicted octanol–water partition coefficient (Wildman–Crippen LogP) is 4.59. The van der Waals surface area contributed by atoms with Gasteiger partial charge < -0.3 is 9.47 Å². The number of hydrogen-bond acceptors (Lipinski definition) is 5. The number of thioether (sulfide) groups is 1. The maximum Gasteiger partial charge on any atom is 0.271 e. The van der Waals surface area contributed by atoms with Crippen LogP contribution in [0.15, 0.2) is 58.4 Å². The van der Waals surface area contributed by atoms with Crippen LogP contribution < -0.4 is 14.4 Å². The zero-order valence-electron chi connectivity index (χ0n) is 15.8. The normalized spacial score (nSPS) is 17.2. The molecule has 1 saturated heterocycles. The molecule has 2 aromatic rings. The maximum absolute atomic E-state index is 13.1. The molecular formula is C21H22N2O3S. The van der Waals surface area contributed by atoms with Crippen molar-refractivity contribution in [2.75, 3.05) is 19.1 Å². The third kappa shape index (κ3) is 4.17. The van der Waals surface area contributed by atoms with Gasteiger partial charge in [-0.25, -0.2) is 0 Å². The molecule has 0 radical (unpaired) electrons. The molecule has 0 atom stereocenters. The maximum atomic E-state index is 13.1. The molecular weight excluding hydrogens is 360 g/mol. The van der Waals surface area contributed by atoms with Gasteiger partial charge in [0.15, 0.2) is 16.7 Å². The Morgan fingerprint density at radius 3 is 2.37 bits per heavy atom. The second-order valence-electron chi connectivity index (χ2n) is 6.21. The second kappa shape index (κ2) is 8.31. The van der Waals surface area contributed by atoms with E-state index in [-0.39, 0.29) is 11.9 Å². The van der Waals surface area contributed by atoms with Gasteiger partial charge in [-0.2, -0.15) is 0 Å². The number of methoxy groups -OCH3 is 2. The molecule has 6 heteroatoms. The molecule has 27 heavy (non-hydrogen) atoms. The highest BCUT2D eigenvalue weighted by Gasteiger charge is 2.34. The smallest absolute Gasteiger partial charge is 0.271 e. The largest absolute Gasteiger partial charge is 0.493 e. The van der Waals surface area contributed by atoms with E-state index in [1.54, 1.807) is 19.1 Å². The molecule has 5 nitrogen and oxygen atoms in total. The fourth-order valence-electron chi connectivity index (χ4n) is 2.68. The molecule has 1 aliphatic rings. The van der Waals surface area contributed by atoms with E-state index in [1.165, 1.54) is 11.8 Å². The Kier molecular flexibility index (Phi) is 5.86. The second-order valence-corrected chi connectivity index (χ2v) is 7.22. The Hall–Kier alpha value is -2.73. The van der Waals surface area contributed by atoms with Crippen LogP contribution in [0.2, 0.25) is 0 Å². The Morgan fingerprint density at radius 2 is 1.74 bits per heavy atom. The number of carbonyl (C=O) groups is 1. The van der Waals surface area contributed by atoms with Crippen LogP contribution in [-0.4, -0.2) is 31.3 Å². The van der Waals surface area contributed by atoms with Gasteiger partial charge in [-0.3, -0.25) is 14.7 Å². The Balaban J connectivity index is 2.00. The number of nitrogens with zero attached hydrogens (tertiary/aromatic N) is 2. The molecule has 1 amide bonds. The van der Waals surface area contributed by atoms with Gasteiger partial charge >= 0.3 is 0 Å². The summed E-state index contributed by atoms with van der Waals surface area (Å²) in [5.41, 5.74) is 1.67. The quantitative estimate of drug-likeness (QED) is 0.710. The van der Waals surface area contributed by atoms with Gasteiger partial charge in [-0.1, -0.05) is 24.3 Å². The van der Waals surface area contributed by atoms with Gasteiger partial charge in [0.1, 0.15) is 0 Å². The molecule has 1 aliphatic heterocycles. The van der Waals surface area contributed by atoms with Gasteiger partial charge in [0.2, 0.25) is 0 Å². The topological polar surface area (TPSA) is 51.1 Å². The summed E-state index contributed by atoms with van der Waals surface area (Å²) in [6.45, 7) is 3.99. The van der Waals surface area contributed by atoms with Gasteiger partial charge in [0.05, 0.1) is 24.8 Å². The molecule has 0 aliphatic carbocycles.